The van der Waals surface area contributed by atoms with E-state index < -0.39 is 0 Å². The van der Waals surface area contributed by atoms with E-state index in [0.29, 0.717) is 19.7 Å². The lowest BCUT2D eigenvalue weighted by Crippen LogP contribution is -2.49. The molecule has 0 unspecified atom stereocenters. The maximum Gasteiger partial charge on any atom is 0.234 e. The van der Waals surface area contributed by atoms with Crippen molar-refractivity contribution in [2.45, 2.75) is 13.5 Å². The fourth-order valence-corrected chi connectivity index (χ4v) is 2.93. The molecule has 1 amide bonds. The van der Waals surface area contributed by atoms with Crippen molar-refractivity contribution >= 4 is 5.91 Å². The van der Waals surface area contributed by atoms with E-state index in [1.165, 1.54) is 11.1 Å². The van der Waals surface area contributed by atoms with Gasteiger partial charge in [-0.25, -0.2) is 0 Å². The average Bonchev–Trinajstić information content (AvgIpc) is 2.57. The maximum atomic E-state index is 11.8. The van der Waals surface area contributed by atoms with E-state index in [4.69, 9.17) is 9.47 Å². The molecule has 0 atom stereocenters. The van der Waals surface area contributed by atoms with Gasteiger partial charge in [0.15, 0.2) is 0 Å². The van der Waals surface area contributed by atoms with Crippen LogP contribution in [0.1, 0.15) is 11.1 Å². The normalized spacial score (nSPS) is 16.1. The molecule has 0 aromatic heterocycles. The number of nitrogens with one attached hydrogen (secondary N) is 1. The van der Waals surface area contributed by atoms with Crippen molar-refractivity contribution in [2.75, 3.05) is 60.1 Å². The molecule has 1 aliphatic rings. The Kier molecular flexibility index (Phi) is 7.49. The van der Waals surface area contributed by atoms with Crippen LogP contribution in [0, 0.1) is 6.92 Å². The molecule has 0 bridgehead atoms. The Morgan fingerprint density at radius 2 is 1.88 bits per heavy atom. The summed E-state index contributed by atoms with van der Waals surface area (Å²) in [5.41, 5.74) is 2.47. The summed E-state index contributed by atoms with van der Waals surface area (Å²) in [6, 6.07) is 6.29. The third-order valence-corrected chi connectivity index (χ3v) is 4.29. The Balaban J connectivity index is 1.77. The van der Waals surface area contributed by atoms with Gasteiger partial charge in [-0.3, -0.25) is 14.6 Å². The van der Waals surface area contributed by atoms with Crippen LogP contribution in [0.15, 0.2) is 18.2 Å². The standard InChI is InChI=1S/C18H29N3O3/c1-15-4-5-17(24-3)16(12-15)13-20-7-9-21(10-8-20)14-18(22)19-6-11-23-2/h4-5,12H,6-11,13-14H2,1-3H3,(H,19,22). The number of hydrogen-bond acceptors (Lipinski definition) is 5. The van der Waals surface area contributed by atoms with E-state index in [0.717, 1.165) is 38.5 Å². The number of aryl methyl sites for hydroxylation is 1. The Morgan fingerprint density at radius 1 is 1.17 bits per heavy atom. The molecule has 0 saturated carbocycles. The number of rotatable bonds is 8. The molecule has 2 rings (SSSR count). The fourth-order valence-electron chi connectivity index (χ4n) is 2.93. The molecule has 1 aliphatic heterocycles. The quantitative estimate of drug-likeness (QED) is 0.715. The lowest BCUT2D eigenvalue weighted by atomic mass is 10.1. The lowest BCUT2D eigenvalue weighted by Gasteiger charge is -2.34. The predicted molar refractivity (Wildman–Crippen MR) is 94.3 cm³/mol. The monoisotopic (exact) mass is 335 g/mol. The summed E-state index contributed by atoms with van der Waals surface area (Å²) in [4.78, 5) is 16.5. The summed E-state index contributed by atoms with van der Waals surface area (Å²) in [6.07, 6.45) is 0. The van der Waals surface area contributed by atoms with Crippen LogP contribution in [0.2, 0.25) is 0 Å². The molecule has 1 aromatic rings. The van der Waals surface area contributed by atoms with E-state index in [2.05, 4.69) is 34.2 Å². The second kappa shape index (κ2) is 9.61. The van der Waals surface area contributed by atoms with Gasteiger partial charge in [0, 0.05) is 51.9 Å². The van der Waals surface area contributed by atoms with Crippen molar-refractivity contribution in [1.82, 2.24) is 15.1 Å². The molecule has 1 heterocycles. The molecule has 6 heteroatoms. The van der Waals surface area contributed by atoms with Gasteiger partial charge < -0.3 is 14.8 Å². The van der Waals surface area contributed by atoms with Gasteiger partial charge in [-0.15, -0.1) is 0 Å². The molecule has 0 radical (unpaired) electrons. The fraction of sp³-hybridized carbons (Fsp3) is 0.611. The largest absolute Gasteiger partial charge is 0.496 e. The number of piperazine rings is 1. The zero-order chi connectivity index (χ0) is 17.4. The highest BCUT2D eigenvalue weighted by Crippen LogP contribution is 2.21. The Morgan fingerprint density at radius 3 is 2.54 bits per heavy atom. The van der Waals surface area contributed by atoms with Crippen molar-refractivity contribution in [3.05, 3.63) is 29.3 Å². The van der Waals surface area contributed by atoms with Crippen LogP contribution in [0.25, 0.3) is 0 Å². The van der Waals surface area contributed by atoms with E-state index in [-0.39, 0.29) is 5.91 Å². The molecule has 1 saturated heterocycles. The predicted octanol–water partition coefficient (Wildman–Crippen LogP) is 0.884. The van der Waals surface area contributed by atoms with E-state index in [1.54, 1.807) is 14.2 Å². The average molecular weight is 335 g/mol. The Bertz CT molecular complexity index is 528. The number of methoxy groups -OCH3 is 2. The molecule has 1 fully saturated rings. The lowest BCUT2D eigenvalue weighted by molar-refractivity contribution is -0.122. The third-order valence-electron chi connectivity index (χ3n) is 4.29. The summed E-state index contributed by atoms with van der Waals surface area (Å²) in [5.74, 6) is 1.02. The smallest absolute Gasteiger partial charge is 0.234 e. The van der Waals surface area contributed by atoms with E-state index in [9.17, 15) is 4.79 Å². The Hall–Kier alpha value is -1.63. The minimum absolute atomic E-state index is 0.0702. The summed E-state index contributed by atoms with van der Waals surface area (Å²) in [5, 5.41) is 2.87. The topological polar surface area (TPSA) is 54.0 Å². The first-order chi connectivity index (χ1) is 11.6. The number of nitrogens with zero attached hydrogens (tertiary/aromatic N) is 2. The summed E-state index contributed by atoms with van der Waals surface area (Å²) < 4.78 is 10.4. The first-order valence-corrected chi connectivity index (χ1v) is 8.46. The van der Waals surface area contributed by atoms with Crippen LogP contribution in [0.4, 0.5) is 0 Å². The molecular weight excluding hydrogens is 306 g/mol. The first-order valence-electron chi connectivity index (χ1n) is 8.46. The van der Waals surface area contributed by atoms with Crippen molar-refractivity contribution in [3.63, 3.8) is 0 Å². The van der Waals surface area contributed by atoms with Gasteiger partial charge in [-0.1, -0.05) is 17.7 Å². The van der Waals surface area contributed by atoms with Crippen LogP contribution in [-0.4, -0.2) is 75.8 Å². The van der Waals surface area contributed by atoms with Gasteiger partial charge in [0.05, 0.1) is 20.3 Å². The third kappa shape index (κ3) is 5.78. The van der Waals surface area contributed by atoms with Crippen LogP contribution in [0.3, 0.4) is 0 Å². The van der Waals surface area contributed by atoms with Gasteiger partial charge in [0.25, 0.3) is 0 Å². The summed E-state index contributed by atoms with van der Waals surface area (Å²) >= 11 is 0. The number of carbonyl (C=O) groups excluding carboxylic acids is 1. The second-order valence-electron chi connectivity index (χ2n) is 6.21. The molecule has 0 aliphatic carbocycles. The van der Waals surface area contributed by atoms with Crippen LogP contribution >= 0.6 is 0 Å². The zero-order valence-corrected chi connectivity index (χ0v) is 15.0. The van der Waals surface area contributed by atoms with Gasteiger partial charge >= 0.3 is 0 Å². The second-order valence-corrected chi connectivity index (χ2v) is 6.21. The van der Waals surface area contributed by atoms with Crippen LogP contribution in [-0.2, 0) is 16.1 Å². The molecule has 1 aromatic carbocycles. The van der Waals surface area contributed by atoms with Crippen molar-refractivity contribution < 1.29 is 14.3 Å². The van der Waals surface area contributed by atoms with Crippen LogP contribution < -0.4 is 10.1 Å². The van der Waals surface area contributed by atoms with E-state index >= 15 is 0 Å². The highest BCUT2D eigenvalue weighted by Gasteiger charge is 2.19. The molecule has 24 heavy (non-hydrogen) atoms. The SMILES string of the molecule is COCCNC(=O)CN1CCN(Cc2cc(C)ccc2OC)CC1. The summed E-state index contributed by atoms with van der Waals surface area (Å²) in [7, 11) is 3.35. The summed E-state index contributed by atoms with van der Waals surface area (Å²) in [6.45, 7) is 8.32. The highest BCUT2D eigenvalue weighted by molar-refractivity contribution is 5.78. The molecular formula is C18H29N3O3. The molecule has 6 nitrogen and oxygen atoms in total. The van der Waals surface area contributed by atoms with Crippen molar-refractivity contribution in [2.24, 2.45) is 0 Å². The van der Waals surface area contributed by atoms with Gasteiger partial charge in [0.1, 0.15) is 5.75 Å². The number of amides is 1. The van der Waals surface area contributed by atoms with Crippen molar-refractivity contribution in [1.29, 1.82) is 0 Å². The molecule has 0 spiro atoms. The number of hydrogen-bond donors (Lipinski definition) is 1. The molecule has 1 N–H and O–H groups in total. The van der Waals surface area contributed by atoms with Gasteiger partial charge in [-0.05, 0) is 13.0 Å². The number of benzene rings is 1. The Labute approximate surface area is 144 Å². The molecule has 134 valence electrons. The zero-order valence-electron chi connectivity index (χ0n) is 15.0. The number of carbonyl (C=O) groups is 1. The maximum absolute atomic E-state index is 11.8. The van der Waals surface area contributed by atoms with Gasteiger partial charge in [0.2, 0.25) is 5.91 Å². The van der Waals surface area contributed by atoms with Crippen LogP contribution in [0.5, 0.6) is 5.75 Å². The van der Waals surface area contributed by atoms with E-state index in [1.807, 2.05) is 6.07 Å². The number of ether oxygens (including phenoxy) is 2. The minimum Gasteiger partial charge on any atom is -0.496 e. The highest BCUT2D eigenvalue weighted by atomic mass is 16.5. The van der Waals surface area contributed by atoms with Gasteiger partial charge in [-0.2, -0.15) is 0 Å². The minimum atomic E-state index is 0.0702. The van der Waals surface area contributed by atoms with Crippen molar-refractivity contribution in [3.8, 4) is 5.75 Å². The first kappa shape index (κ1) is 18.7.